The Labute approximate surface area is 187 Å². The van der Waals surface area contributed by atoms with Crippen molar-refractivity contribution in [2.75, 3.05) is 5.32 Å². The van der Waals surface area contributed by atoms with Gasteiger partial charge >= 0.3 is 0 Å². The molecule has 0 radical (unpaired) electrons. The maximum Gasteiger partial charge on any atom is 0.187 e. The highest BCUT2D eigenvalue weighted by atomic mass is 32.2. The number of benzene rings is 2. The van der Waals surface area contributed by atoms with Crippen LogP contribution in [0.5, 0.6) is 11.5 Å². The summed E-state index contributed by atoms with van der Waals surface area (Å²) in [6.07, 6.45) is 1.07. The molecule has 0 saturated carbocycles. The second kappa shape index (κ2) is 10.5. The summed E-state index contributed by atoms with van der Waals surface area (Å²) in [6.45, 7) is 10.9. The van der Waals surface area contributed by atoms with Crippen LogP contribution in [-0.4, -0.2) is 4.98 Å². The summed E-state index contributed by atoms with van der Waals surface area (Å²) in [5.74, 6) is 1.58. The largest absolute Gasteiger partial charge is 0.455 e. The molecule has 0 amide bonds. The zero-order valence-corrected chi connectivity index (χ0v) is 19.8. The molecule has 0 atom stereocenters. The van der Waals surface area contributed by atoms with E-state index in [4.69, 9.17) is 9.72 Å². The van der Waals surface area contributed by atoms with Crippen LogP contribution in [0, 0.1) is 0 Å². The van der Waals surface area contributed by atoms with E-state index < -0.39 is 0 Å². The molecule has 5 heteroatoms. The third-order valence-electron chi connectivity index (χ3n) is 4.68. The van der Waals surface area contributed by atoms with Crippen molar-refractivity contribution in [2.45, 2.75) is 41.0 Å². The van der Waals surface area contributed by atoms with E-state index in [-0.39, 0.29) is 0 Å². The lowest BCUT2D eigenvalue weighted by Crippen LogP contribution is -1.94. The first-order valence-corrected chi connectivity index (χ1v) is 11.7. The maximum absolute atomic E-state index is 6.06. The van der Waals surface area contributed by atoms with E-state index in [9.17, 15) is 0 Å². The smallest absolute Gasteiger partial charge is 0.187 e. The van der Waals surface area contributed by atoms with Gasteiger partial charge in [0.05, 0.1) is 11.4 Å². The van der Waals surface area contributed by atoms with Crippen LogP contribution in [0.1, 0.15) is 46.7 Å². The highest BCUT2D eigenvalue weighted by molar-refractivity contribution is 8.11. The van der Waals surface area contributed by atoms with Gasteiger partial charge in [-0.05, 0) is 63.3 Å². The average molecular weight is 437 g/mol. The van der Waals surface area contributed by atoms with Gasteiger partial charge in [0.25, 0.3) is 0 Å². The van der Waals surface area contributed by atoms with Crippen molar-refractivity contribution in [3.8, 4) is 11.5 Å². The fourth-order valence-electron chi connectivity index (χ4n) is 2.72. The summed E-state index contributed by atoms with van der Waals surface area (Å²) in [6, 6.07) is 17.7. The Morgan fingerprint density at radius 1 is 1.00 bits per heavy atom. The molecule has 0 saturated heterocycles. The molecule has 1 N–H and O–H groups in total. The number of hydrogen-bond acceptors (Lipinski definition) is 5. The minimum absolute atomic E-state index is 0.773. The lowest BCUT2D eigenvalue weighted by Gasteiger charge is -2.12. The van der Waals surface area contributed by atoms with Crippen LogP contribution in [0.4, 0.5) is 10.8 Å². The highest BCUT2D eigenvalue weighted by Gasteiger charge is 2.13. The van der Waals surface area contributed by atoms with Gasteiger partial charge in [-0.2, -0.15) is 0 Å². The summed E-state index contributed by atoms with van der Waals surface area (Å²) >= 11 is 3.42. The fraction of sp³-hybridized carbons (Fsp3) is 0.240. The van der Waals surface area contributed by atoms with Gasteiger partial charge in [0, 0.05) is 10.3 Å². The molecule has 1 aromatic heterocycles. The van der Waals surface area contributed by atoms with Crippen molar-refractivity contribution >= 4 is 38.8 Å². The number of ether oxygens (including phenoxy) is 1. The van der Waals surface area contributed by atoms with Gasteiger partial charge in [-0.3, -0.25) is 0 Å². The van der Waals surface area contributed by atoms with E-state index in [0.29, 0.717) is 0 Å². The number of nitrogens with one attached hydrogen (secondary N) is 1. The average Bonchev–Trinajstić information content (AvgIpc) is 3.21. The van der Waals surface area contributed by atoms with Crippen LogP contribution in [0.15, 0.2) is 76.0 Å². The number of nitrogens with zero attached hydrogens (tertiary/aromatic N) is 1. The number of para-hydroxylation sites is 3. The predicted octanol–water partition coefficient (Wildman–Crippen LogP) is 8.87. The molecule has 2 aromatic carbocycles. The minimum Gasteiger partial charge on any atom is -0.455 e. The van der Waals surface area contributed by atoms with Crippen molar-refractivity contribution in [3.05, 3.63) is 81.7 Å². The Morgan fingerprint density at radius 2 is 1.70 bits per heavy atom. The minimum atomic E-state index is 0.773. The fourth-order valence-corrected chi connectivity index (χ4v) is 4.55. The molecule has 30 heavy (non-hydrogen) atoms. The summed E-state index contributed by atoms with van der Waals surface area (Å²) in [4.78, 5) is 7.43. The van der Waals surface area contributed by atoms with E-state index in [0.717, 1.165) is 34.4 Å². The lowest BCUT2D eigenvalue weighted by atomic mass is 10.2. The van der Waals surface area contributed by atoms with E-state index in [1.54, 1.807) is 11.3 Å². The molecule has 0 fully saturated rings. The number of anilines is 2. The Bertz CT molecular complexity index is 1050. The first-order valence-electron chi connectivity index (χ1n) is 10.0. The van der Waals surface area contributed by atoms with Crippen LogP contribution in [0.2, 0.25) is 0 Å². The molecule has 0 bridgehead atoms. The third kappa shape index (κ3) is 5.77. The van der Waals surface area contributed by atoms with Crippen molar-refractivity contribution in [1.82, 2.24) is 4.98 Å². The molecule has 0 aliphatic carbocycles. The van der Waals surface area contributed by atoms with E-state index in [1.807, 2.05) is 66.4 Å². The van der Waals surface area contributed by atoms with Crippen LogP contribution < -0.4 is 10.1 Å². The third-order valence-corrected chi connectivity index (χ3v) is 6.91. The number of thiazole rings is 1. The molecule has 0 unspecified atom stereocenters. The Balaban J connectivity index is 1.81. The molecule has 0 aliphatic rings. The number of rotatable bonds is 8. The second-order valence-electron chi connectivity index (χ2n) is 7.20. The molecular weight excluding hydrogens is 408 g/mol. The van der Waals surface area contributed by atoms with Crippen molar-refractivity contribution < 1.29 is 4.74 Å². The van der Waals surface area contributed by atoms with Gasteiger partial charge in [0.2, 0.25) is 0 Å². The van der Waals surface area contributed by atoms with Crippen molar-refractivity contribution in [3.63, 3.8) is 0 Å². The van der Waals surface area contributed by atoms with Gasteiger partial charge in [-0.1, -0.05) is 60.2 Å². The first-order chi connectivity index (χ1) is 14.5. The number of allylic oxidation sites excluding steroid dienone is 3. The summed E-state index contributed by atoms with van der Waals surface area (Å²) in [5.41, 5.74) is 4.59. The lowest BCUT2D eigenvalue weighted by molar-refractivity contribution is 0.485. The first kappa shape index (κ1) is 22.2. The van der Waals surface area contributed by atoms with E-state index in [2.05, 4.69) is 45.3 Å². The van der Waals surface area contributed by atoms with Crippen LogP contribution in [-0.2, 0) is 0 Å². The number of hydrogen-bond donors (Lipinski definition) is 1. The van der Waals surface area contributed by atoms with E-state index >= 15 is 0 Å². The SMILES string of the molecule is CC/C(C)=C(\C)SC(=C(C)C)c1csc(Nc2ccccc2Oc2ccccc2)n1. The number of aromatic nitrogens is 1. The molecule has 156 valence electrons. The van der Waals surface area contributed by atoms with Gasteiger partial charge < -0.3 is 10.1 Å². The standard InChI is InChI=1S/C25H28N2OS2/c1-6-18(4)19(5)30-24(17(2)3)22-16-29-25(27-22)26-21-14-10-11-15-23(21)28-20-12-8-7-9-13-20/h7-16H,6H2,1-5H3,(H,26,27)/b19-18+. The number of thioether (sulfide) groups is 1. The highest BCUT2D eigenvalue weighted by Crippen LogP contribution is 2.39. The molecule has 3 aromatic rings. The summed E-state index contributed by atoms with van der Waals surface area (Å²) in [7, 11) is 0. The Morgan fingerprint density at radius 3 is 2.40 bits per heavy atom. The van der Waals surface area contributed by atoms with Gasteiger partial charge in [-0.25, -0.2) is 4.98 Å². The molecule has 3 nitrogen and oxygen atoms in total. The van der Waals surface area contributed by atoms with Crippen molar-refractivity contribution in [1.29, 1.82) is 0 Å². The molecular formula is C25H28N2OS2. The predicted molar refractivity (Wildman–Crippen MR) is 133 cm³/mol. The molecule has 3 rings (SSSR count). The normalized spacial score (nSPS) is 11.6. The molecule has 1 heterocycles. The topological polar surface area (TPSA) is 34.1 Å². The molecule has 0 spiro atoms. The van der Waals surface area contributed by atoms with Gasteiger partial charge in [-0.15, -0.1) is 11.3 Å². The van der Waals surface area contributed by atoms with Gasteiger partial charge in [0.1, 0.15) is 5.75 Å². The maximum atomic E-state index is 6.06. The van der Waals surface area contributed by atoms with E-state index in [1.165, 1.54) is 21.0 Å². The quantitative estimate of drug-likeness (QED) is 0.382. The Kier molecular flexibility index (Phi) is 7.77. The molecule has 0 aliphatic heterocycles. The van der Waals surface area contributed by atoms with Crippen LogP contribution in [0.25, 0.3) is 4.91 Å². The van der Waals surface area contributed by atoms with Crippen LogP contribution in [0.3, 0.4) is 0 Å². The summed E-state index contributed by atoms with van der Waals surface area (Å²) in [5, 5.41) is 6.40. The zero-order valence-electron chi connectivity index (χ0n) is 18.2. The van der Waals surface area contributed by atoms with Crippen molar-refractivity contribution in [2.24, 2.45) is 0 Å². The van der Waals surface area contributed by atoms with Crippen LogP contribution >= 0.6 is 23.1 Å². The Hall–Kier alpha value is -2.50. The second-order valence-corrected chi connectivity index (χ2v) is 9.28. The monoisotopic (exact) mass is 436 g/mol. The zero-order chi connectivity index (χ0) is 21.5. The summed E-state index contributed by atoms with van der Waals surface area (Å²) < 4.78 is 6.06. The van der Waals surface area contributed by atoms with Gasteiger partial charge in [0.15, 0.2) is 10.9 Å².